The van der Waals surface area contributed by atoms with Crippen molar-refractivity contribution in [3.05, 3.63) is 122 Å². The molecule has 0 unspecified atom stereocenters. The van der Waals surface area contributed by atoms with E-state index in [1.807, 2.05) is 0 Å². The molecule has 5 N–H and O–H groups in total. The van der Waals surface area contributed by atoms with Crippen molar-refractivity contribution in [1.29, 1.82) is 0 Å². The topological polar surface area (TPSA) is 289 Å². The summed E-state index contributed by atoms with van der Waals surface area (Å²) in [4.78, 5) is 19.2. The molecule has 0 spiro atoms. The number of aromatic nitrogens is 2. The molecule has 0 aliphatic carbocycles. The van der Waals surface area contributed by atoms with Crippen LogP contribution in [0.3, 0.4) is 0 Å². The molecule has 0 fully saturated rings. The van der Waals surface area contributed by atoms with E-state index in [2.05, 4.69) is 25.6 Å². The Morgan fingerprint density at radius 2 is 1.33 bits per heavy atom. The zero-order valence-corrected chi connectivity index (χ0v) is 33.0. The summed E-state index contributed by atoms with van der Waals surface area (Å²) >= 11 is 6.11. The maximum Gasteiger partial charge on any atom is 1.00 e. The Balaban J connectivity index is 0.000000285. The van der Waals surface area contributed by atoms with Gasteiger partial charge < -0.3 is 20.4 Å². The van der Waals surface area contributed by atoms with E-state index >= 15 is 0 Å². The molecule has 0 saturated carbocycles. The van der Waals surface area contributed by atoms with Crippen molar-refractivity contribution >= 4 is 66.6 Å². The molecule has 0 radical (unpaired) electrons. The van der Waals surface area contributed by atoms with Gasteiger partial charge in [-0.3, -0.25) is 24.8 Å². The average Bonchev–Trinajstić information content (AvgIpc) is 3.39. The first-order valence-corrected chi connectivity index (χ1v) is 16.4. The smallest absolute Gasteiger partial charge is 0.506 e. The number of rotatable bonds is 8. The van der Waals surface area contributed by atoms with Crippen LogP contribution in [-0.4, -0.2) is 53.0 Å². The van der Waals surface area contributed by atoms with Gasteiger partial charge in [-0.2, -0.15) is 18.2 Å². The van der Waals surface area contributed by atoms with Crippen LogP contribution in [0.25, 0.3) is 16.5 Å². The second kappa shape index (κ2) is 18.2. The minimum absolute atomic E-state index is 0. The molecule has 0 amide bonds. The van der Waals surface area contributed by atoms with Gasteiger partial charge in [0.1, 0.15) is 33.5 Å². The van der Waals surface area contributed by atoms with Crippen molar-refractivity contribution in [2.24, 2.45) is 20.5 Å². The third kappa shape index (κ3) is 9.98. The van der Waals surface area contributed by atoms with Crippen molar-refractivity contribution in [2.45, 2.75) is 11.8 Å². The molecule has 0 bridgehead atoms. The number of aromatic hydroxyl groups is 4. The summed E-state index contributed by atoms with van der Waals surface area (Å²) in [6.45, 7) is 1.61. The standard InChI is InChI=1S/C16H12ClN5O4.C16H11N3O7S.Cr.Na/c1-9-15(16(24)21(20-9)13-5-3-2-4-11(13)17)19-18-12-8-10(22(25)26)6-7-14(12)23;20-13-6-5-9-3-1-2-4-11(9)15(13)18-17-12-7-10(19(22)23)8-14(16(12)21)27(24,25)26;;/h2-8,23-24H,1H3;1-8,20-21H,(H,24,25,26);;/q;;;+1. The maximum absolute atomic E-state index is 11.3. The third-order valence-electron chi connectivity index (χ3n) is 7.18. The van der Waals surface area contributed by atoms with Crippen molar-refractivity contribution in [3.63, 3.8) is 0 Å². The maximum atomic E-state index is 11.3. The first-order valence-electron chi connectivity index (χ1n) is 14.6. The fourth-order valence-corrected chi connectivity index (χ4v) is 5.47. The van der Waals surface area contributed by atoms with E-state index in [9.17, 15) is 49.1 Å². The summed E-state index contributed by atoms with van der Waals surface area (Å²) in [5.41, 5.74) is -0.762. The third-order valence-corrected chi connectivity index (χ3v) is 8.37. The van der Waals surface area contributed by atoms with Crippen LogP contribution in [0, 0.1) is 27.2 Å². The largest absolute Gasteiger partial charge is 1.00 e. The number of nitro benzene ring substituents is 2. The van der Waals surface area contributed by atoms with Gasteiger partial charge in [-0.25, -0.2) is 0 Å². The van der Waals surface area contributed by atoms with Gasteiger partial charge in [-0.1, -0.05) is 54.1 Å². The van der Waals surface area contributed by atoms with Gasteiger partial charge >= 0.3 is 29.6 Å². The van der Waals surface area contributed by atoms with E-state index in [-0.39, 0.29) is 87.0 Å². The number of halogens is 1. The van der Waals surface area contributed by atoms with E-state index < -0.39 is 42.0 Å². The molecule has 19 nitrogen and oxygen atoms in total. The van der Waals surface area contributed by atoms with Gasteiger partial charge in [-0.05, 0) is 36.6 Å². The Labute approximate surface area is 347 Å². The first-order chi connectivity index (χ1) is 25.1. The average molecular weight is 838 g/mol. The molecular weight excluding hydrogens is 815 g/mol. The number of nitrogens with zero attached hydrogens (tertiary/aromatic N) is 8. The molecule has 0 aliphatic rings. The molecule has 55 heavy (non-hydrogen) atoms. The van der Waals surface area contributed by atoms with Crippen LogP contribution < -0.4 is 29.6 Å². The molecule has 0 saturated heterocycles. The fourth-order valence-electron chi connectivity index (χ4n) is 4.63. The molecule has 1 heterocycles. The Morgan fingerprint density at radius 1 is 0.745 bits per heavy atom. The van der Waals surface area contributed by atoms with Crippen LogP contribution in [0.5, 0.6) is 23.1 Å². The quantitative estimate of drug-likeness (QED) is 0.0424. The number of aryl methyl sites for hydroxylation is 1. The summed E-state index contributed by atoms with van der Waals surface area (Å²) in [6, 6.07) is 21.3. The molecule has 0 aliphatic heterocycles. The number of hydrogen-bond acceptors (Lipinski definition) is 15. The second-order valence-electron chi connectivity index (χ2n) is 10.6. The Bertz CT molecular complexity index is 2610. The number of hydrogen-bond donors (Lipinski definition) is 5. The molecule has 5 aromatic carbocycles. The molecule has 276 valence electrons. The number of phenolic OH excluding ortho intramolecular Hbond substituents is 3. The number of fused-ring (bicyclic) bond motifs is 1. The van der Waals surface area contributed by atoms with Crippen LogP contribution in [0.2, 0.25) is 5.02 Å². The molecule has 6 aromatic rings. The second-order valence-corrected chi connectivity index (χ2v) is 12.4. The van der Waals surface area contributed by atoms with Crippen molar-refractivity contribution in [2.75, 3.05) is 0 Å². The molecule has 1 aromatic heterocycles. The summed E-state index contributed by atoms with van der Waals surface area (Å²) in [7, 11) is -4.94. The van der Waals surface area contributed by atoms with Crippen LogP contribution >= 0.6 is 11.6 Å². The van der Waals surface area contributed by atoms with Crippen LogP contribution in [-0.2, 0) is 27.5 Å². The first kappa shape index (κ1) is 43.9. The van der Waals surface area contributed by atoms with Crippen LogP contribution in [0.15, 0.2) is 116 Å². The number of azo groups is 2. The number of non-ortho nitro benzene ring substituents is 2. The summed E-state index contributed by atoms with van der Waals surface area (Å²) in [5.74, 6) is -1.83. The van der Waals surface area contributed by atoms with E-state index in [4.69, 9.17) is 16.2 Å². The van der Waals surface area contributed by atoms with Crippen LogP contribution in [0.4, 0.5) is 34.1 Å². The van der Waals surface area contributed by atoms with E-state index in [1.54, 1.807) is 61.5 Å². The van der Waals surface area contributed by atoms with Gasteiger partial charge in [-0.15, -0.1) is 20.5 Å². The number of para-hydroxylation sites is 1. The molecular formula is C32H23ClCrN8NaO11S+. The van der Waals surface area contributed by atoms with E-state index in [0.717, 1.165) is 29.7 Å². The molecule has 6 rings (SSSR count). The van der Waals surface area contributed by atoms with Crippen molar-refractivity contribution in [3.8, 4) is 28.8 Å². The van der Waals surface area contributed by atoms with Gasteiger partial charge in [0.05, 0.1) is 26.3 Å². The molecule has 0 atom stereocenters. The fraction of sp³-hybridized carbons (Fsp3) is 0.0312. The monoisotopic (exact) mass is 837 g/mol. The predicted molar refractivity (Wildman–Crippen MR) is 188 cm³/mol. The van der Waals surface area contributed by atoms with E-state index in [0.29, 0.717) is 27.9 Å². The minimum atomic E-state index is -4.94. The SMILES string of the molecule is Cc1nn(-c2ccccc2Cl)c(O)c1N=Nc1cc([N+](=O)[O-])ccc1O.O=[N+]([O-])c1cc(N=Nc2c(O)ccc3ccccc23)c(O)c(S(=O)(=O)O)c1.[Cr].[Na+]. The zero-order chi connectivity index (χ0) is 38.6. The van der Waals surface area contributed by atoms with Gasteiger partial charge in [0.2, 0.25) is 5.88 Å². The normalized spacial score (nSPS) is 11.1. The van der Waals surface area contributed by atoms with E-state index in [1.165, 1.54) is 10.7 Å². The predicted octanol–water partition coefficient (Wildman–Crippen LogP) is 5.39. The van der Waals surface area contributed by atoms with Gasteiger partial charge in [0.25, 0.3) is 21.5 Å². The summed E-state index contributed by atoms with van der Waals surface area (Å²) < 4.78 is 33.0. The molecule has 23 heteroatoms. The van der Waals surface area contributed by atoms with Gasteiger partial charge in [0.15, 0.2) is 11.4 Å². The Morgan fingerprint density at radius 3 is 1.98 bits per heavy atom. The van der Waals surface area contributed by atoms with Crippen molar-refractivity contribution in [1.82, 2.24) is 9.78 Å². The number of benzene rings is 5. The number of nitro groups is 2. The number of phenols is 3. The Hall–Kier alpha value is -5.50. The summed E-state index contributed by atoms with van der Waals surface area (Å²) in [6.07, 6.45) is 0. The summed E-state index contributed by atoms with van der Waals surface area (Å²) in [5, 5.41) is 82.9. The van der Waals surface area contributed by atoms with Crippen molar-refractivity contribution < 1.29 is 90.2 Å². The van der Waals surface area contributed by atoms with Crippen LogP contribution in [0.1, 0.15) is 5.69 Å². The Kier molecular flexibility index (Phi) is 14.5. The minimum Gasteiger partial charge on any atom is -0.506 e. The van der Waals surface area contributed by atoms with Gasteiger partial charge in [0, 0.05) is 47.0 Å². The zero-order valence-electron chi connectivity index (χ0n) is 28.1.